The third-order valence-electron chi connectivity index (χ3n) is 4.85. The van der Waals surface area contributed by atoms with Crippen LogP contribution < -0.4 is 14.8 Å². The van der Waals surface area contributed by atoms with Gasteiger partial charge in [-0.2, -0.15) is 0 Å². The monoisotopic (exact) mass is 492 g/mol. The van der Waals surface area contributed by atoms with Crippen molar-refractivity contribution in [3.8, 4) is 17.0 Å². The zero-order valence-corrected chi connectivity index (χ0v) is 20.4. The number of nitrogens with zero attached hydrogens (tertiary/aromatic N) is 1. The highest BCUT2D eigenvalue weighted by atomic mass is 35.5. The molecule has 0 radical (unpaired) electrons. The van der Waals surface area contributed by atoms with Crippen molar-refractivity contribution in [3.05, 3.63) is 65.1 Å². The quantitative estimate of drug-likeness (QED) is 0.301. The summed E-state index contributed by atoms with van der Waals surface area (Å²) in [5.74, 6) is 2.05. The minimum atomic E-state index is -3.47. The van der Waals surface area contributed by atoms with E-state index in [1.54, 1.807) is 12.1 Å². The molecule has 3 rings (SSSR count). The van der Waals surface area contributed by atoms with E-state index in [0.717, 1.165) is 29.1 Å². The molecule has 178 valence electrons. The van der Waals surface area contributed by atoms with E-state index in [1.165, 1.54) is 6.07 Å². The van der Waals surface area contributed by atoms with Crippen LogP contribution in [0.3, 0.4) is 0 Å². The zero-order valence-electron chi connectivity index (χ0n) is 18.8. The topological polar surface area (TPSA) is 116 Å². The number of aliphatic hydroxyl groups is 1. The maximum Gasteiger partial charge on any atom is 0.229 e. The smallest absolute Gasteiger partial charge is 0.229 e. The highest BCUT2D eigenvalue weighted by Gasteiger charge is 2.12. The molecule has 33 heavy (non-hydrogen) atoms. The number of sulfonamides is 1. The van der Waals surface area contributed by atoms with Gasteiger partial charge in [0.25, 0.3) is 0 Å². The number of imidazole rings is 1. The van der Waals surface area contributed by atoms with Gasteiger partial charge < -0.3 is 20.1 Å². The summed E-state index contributed by atoms with van der Waals surface area (Å²) in [6.45, 7) is 5.41. The Kier molecular flexibility index (Phi) is 8.36. The Morgan fingerprint density at radius 1 is 1.18 bits per heavy atom. The number of aromatic nitrogens is 2. The molecule has 8 nitrogen and oxygen atoms in total. The fourth-order valence-electron chi connectivity index (χ4n) is 3.13. The summed E-state index contributed by atoms with van der Waals surface area (Å²) in [5.41, 5.74) is 2.70. The fraction of sp³-hybridized carbons (Fsp3) is 0.348. The van der Waals surface area contributed by atoms with Crippen molar-refractivity contribution < 1.29 is 18.3 Å². The summed E-state index contributed by atoms with van der Waals surface area (Å²) < 4.78 is 31.0. The summed E-state index contributed by atoms with van der Waals surface area (Å²) in [4.78, 5) is 7.79. The first kappa shape index (κ1) is 25.0. The van der Waals surface area contributed by atoms with E-state index >= 15 is 0 Å². The number of ether oxygens (including phenoxy) is 1. The lowest BCUT2D eigenvalue weighted by Gasteiger charge is -2.15. The lowest BCUT2D eigenvalue weighted by Crippen LogP contribution is -2.26. The van der Waals surface area contributed by atoms with Crippen LogP contribution in [0.1, 0.15) is 37.3 Å². The first-order valence-corrected chi connectivity index (χ1v) is 12.8. The van der Waals surface area contributed by atoms with E-state index in [0.29, 0.717) is 24.6 Å². The second kappa shape index (κ2) is 11.0. The van der Waals surface area contributed by atoms with Crippen LogP contribution in [0, 0.1) is 0 Å². The van der Waals surface area contributed by atoms with Crippen LogP contribution in [0.5, 0.6) is 5.75 Å². The van der Waals surface area contributed by atoms with Crippen molar-refractivity contribution in [2.24, 2.45) is 0 Å². The van der Waals surface area contributed by atoms with Crippen LogP contribution in [0.4, 0.5) is 5.69 Å². The second-order valence-corrected chi connectivity index (χ2v) is 10.2. The lowest BCUT2D eigenvalue weighted by atomic mass is 10.1. The van der Waals surface area contributed by atoms with Gasteiger partial charge in [0.15, 0.2) is 0 Å². The fourth-order valence-corrected chi connectivity index (χ4v) is 3.92. The molecule has 0 saturated heterocycles. The molecule has 0 spiro atoms. The first-order chi connectivity index (χ1) is 15.6. The minimum absolute atomic E-state index is 0.234. The van der Waals surface area contributed by atoms with Gasteiger partial charge in [-0.1, -0.05) is 31.5 Å². The van der Waals surface area contributed by atoms with E-state index in [4.69, 9.17) is 16.3 Å². The van der Waals surface area contributed by atoms with E-state index in [2.05, 4.69) is 33.9 Å². The Labute approximate surface area is 199 Å². The summed E-state index contributed by atoms with van der Waals surface area (Å²) in [5, 5.41) is 13.8. The number of rotatable bonds is 11. The molecule has 10 heteroatoms. The molecule has 1 atom stereocenters. The number of nitrogens with one attached hydrogen (secondary N) is 3. The van der Waals surface area contributed by atoms with Gasteiger partial charge in [-0.3, -0.25) is 4.72 Å². The molecule has 0 saturated carbocycles. The van der Waals surface area contributed by atoms with Crippen molar-refractivity contribution >= 4 is 27.3 Å². The van der Waals surface area contributed by atoms with Crippen LogP contribution in [0.15, 0.2) is 48.7 Å². The zero-order chi connectivity index (χ0) is 24.0. The van der Waals surface area contributed by atoms with Gasteiger partial charge in [0.1, 0.15) is 18.2 Å². The predicted octanol–water partition coefficient (Wildman–Crippen LogP) is 3.93. The van der Waals surface area contributed by atoms with Gasteiger partial charge >= 0.3 is 0 Å². The molecular formula is C23H29ClN4O4S. The molecule has 1 aromatic heterocycles. The van der Waals surface area contributed by atoms with Crippen molar-refractivity contribution in [1.29, 1.82) is 0 Å². The number of anilines is 1. The molecule has 0 fully saturated rings. The summed E-state index contributed by atoms with van der Waals surface area (Å²) in [6, 6.07) is 12.5. The maximum atomic E-state index is 11.4. The molecular weight excluding hydrogens is 464 g/mol. The summed E-state index contributed by atoms with van der Waals surface area (Å²) in [6.07, 6.45) is 2.12. The maximum absolute atomic E-state index is 11.4. The van der Waals surface area contributed by atoms with Crippen molar-refractivity contribution in [3.63, 3.8) is 0 Å². The van der Waals surface area contributed by atoms with Gasteiger partial charge in [-0.15, -0.1) is 0 Å². The van der Waals surface area contributed by atoms with Crippen LogP contribution in [0.2, 0.25) is 5.02 Å². The van der Waals surface area contributed by atoms with E-state index < -0.39 is 16.1 Å². The van der Waals surface area contributed by atoms with Crippen molar-refractivity contribution in [2.45, 2.75) is 25.9 Å². The van der Waals surface area contributed by atoms with Crippen LogP contribution in [0.25, 0.3) is 11.3 Å². The Bertz CT molecular complexity index is 1160. The normalized spacial score (nSPS) is 12.7. The van der Waals surface area contributed by atoms with E-state index in [-0.39, 0.29) is 17.3 Å². The molecule has 1 heterocycles. The number of H-pyrrole nitrogens is 1. The molecule has 0 aliphatic rings. The molecule has 0 bridgehead atoms. The van der Waals surface area contributed by atoms with E-state index in [1.807, 2.05) is 30.5 Å². The highest BCUT2D eigenvalue weighted by Crippen LogP contribution is 2.27. The van der Waals surface area contributed by atoms with Gasteiger partial charge in [0, 0.05) is 30.8 Å². The summed E-state index contributed by atoms with van der Waals surface area (Å²) >= 11 is 6.02. The van der Waals surface area contributed by atoms with Gasteiger partial charge in [0.2, 0.25) is 10.0 Å². The largest absolute Gasteiger partial charge is 0.492 e. The third kappa shape index (κ3) is 7.46. The average molecular weight is 493 g/mol. The lowest BCUT2D eigenvalue weighted by molar-refractivity contribution is 0.172. The Morgan fingerprint density at radius 2 is 1.91 bits per heavy atom. The summed E-state index contributed by atoms with van der Waals surface area (Å²) in [7, 11) is -3.47. The Balaban J connectivity index is 1.44. The minimum Gasteiger partial charge on any atom is -0.492 e. The van der Waals surface area contributed by atoms with Gasteiger partial charge in [-0.05, 0) is 42.0 Å². The predicted molar refractivity (Wildman–Crippen MR) is 131 cm³/mol. The number of benzene rings is 2. The molecule has 2 aromatic carbocycles. The van der Waals surface area contributed by atoms with E-state index in [9.17, 15) is 13.5 Å². The van der Waals surface area contributed by atoms with Crippen LogP contribution >= 0.6 is 11.6 Å². The molecule has 0 aliphatic heterocycles. The Morgan fingerprint density at radius 3 is 2.55 bits per heavy atom. The molecule has 3 aromatic rings. The standard InChI is InChI=1S/C23H29ClN4O4S/c1-15(2)23-26-13-21(27-23)16-4-7-18(8-5-16)32-11-10-25-14-22(29)17-6-9-19(24)20(12-17)28-33(3,30)31/h4-9,12-13,15,22,25,28-29H,10-11,14H2,1-3H3,(H,26,27)/t22-/m0/s1. The molecule has 0 aliphatic carbocycles. The number of hydrogen-bond acceptors (Lipinski definition) is 6. The SMILES string of the molecule is CC(C)c1nc(-c2ccc(OCCNC[C@H](O)c3ccc(Cl)c(NS(C)(=O)=O)c3)cc2)c[nH]1. The van der Waals surface area contributed by atoms with Crippen molar-refractivity contribution in [2.75, 3.05) is 30.7 Å². The average Bonchev–Trinajstić information content (AvgIpc) is 3.25. The van der Waals surface area contributed by atoms with Gasteiger partial charge in [-0.25, -0.2) is 13.4 Å². The second-order valence-electron chi connectivity index (χ2n) is 8.03. The van der Waals surface area contributed by atoms with Gasteiger partial charge in [0.05, 0.1) is 28.8 Å². The number of aromatic amines is 1. The van der Waals surface area contributed by atoms with Crippen molar-refractivity contribution in [1.82, 2.24) is 15.3 Å². The molecule has 4 N–H and O–H groups in total. The number of hydrogen-bond donors (Lipinski definition) is 4. The third-order valence-corrected chi connectivity index (χ3v) is 5.77. The molecule has 0 unspecified atom stereocenters. The molecule has 0 amide bonds. The van der Waals surface area contributed by atoms with Crippen LogP contribution in [-0.2, 0) is 10.0 Å². The van der Waals surface area contributed by atoms with Crippen LogP contribution in [-0.4, -0.2) is 49.4 Å². The Hall–Kier alpha value is -2.59. The highest BCUT2D eigenvalue weighted by molar-refractivity contribution is 7.92. The first-order valence-electron chi connectivity index (χ1n) is 10.6. The number of aliphatic hydroxyl groups excluding tert-OH is 1. The number of halogens is 1.